The molecule has 2 rings (SSSR count). The van der Waals surface area contributed by atoms with Crippen molar-refractivity contribution in [2.24, 2.45) is 0 Å². The van der Waals surface area contributed by atoms with Gasteiger partial charge in [0.1, 0.15) is 0 Å². The molecule has 1 aliphatic heterocycles. The molecule has 1 aliphatic rings. The Kier molecular flexibility index (Phi) is 2.66. The van der Waals surface area contributed by atoms with Crippen LogP contribution in [-0.4, -0.2) is 18.2 Å². The van der Waals surface area contributed by atoms with Crippen LogP contribution in [0.1, 0.15) is 25.0 Å². The van der Waals surface area contributed by atoms with Crippen molar-refractivity contribution in [1.29, 1.82) is 0 Å². The maximum Gasteiger partial charge on any atom is 0.0796 e. The zero-order chi connectivity index (χ0) is 10.1. The Hall–Kier alpha value is -0.730. The van der Waals surface area contributed by atoms with Crippen LogP contribution in [0, 0.1) is 0 Å². The van der Waals surface area contributed by atoms with Gasteiger partial charge in [-0.15, -0.1) is 0 Å². The first kappa shape index (κ1) is 9.81. The lowest BCUT2D eigenvalue weighted by molar-refractivity contribution is 0.199. The van der Waals surface area contributed by atoms with Crippen molar-refractivity contribution in [1.82, 2.24) is 0 Å². The van der Waals surface area contributed by atoms with E-state index in [1.165, 1.54) is 6.42 Å². The van der Waals surface area contributed by atoms with Crippen LogP contribution in [0.3, 0.4) is 0 Å². The molecule has 3 heteroatoms. The van der Waals surface area contributed by atoms with Crippen LogP contribution in [0.4, 0.5) is 5.69 Å². The van der Waals surface area contributed by atoms with Gasteiger partial charge in [-0.3, -0.25) is 0 Å². The molecule has 1 aromatic rings. The van der Waals surface area contributed by atoms with Gasteiger partial charge in [0, 0.05) is 29.4 Å². The summed E-state index contributed by atoms with van der Waals surface area (Å²) < 4.78 is 0. The Morgan fingerprint density at radius 2 is 2.14 bits per heavy atom. The highest BCUT2D eigenvalue weighted by Gasteiger charge is 2.21. The summed E-state index contributed by atoms with van der Waals surface area (Å²) in [5.41, 5.74) is 1.94. The third kappa shape index (κ3) is 1.60. The number of hydrogen-bond acceptors (Lipinski definition) is 2. The van der Waals surface area contributed by atoms with Crippen LogP contribution in [0.15, 0.2) is 18.2 Å². The average Bonchev–Trinajstić information content (AvgIpc) is 1.99. The largest absolute Gasteiger partial charge is 0.389 e. The zero-order valence-electron chi connectivity index (χ0n) is 8.20. The second-order valence-electron chi connectivity index (χ2n) is 3.69. The van der Waals surface area contributed by atoms with Gasteiger partial charge in [-0.25, -0.2) is 0 Å². The zero-order valence-corrected chi connectivity index (χ0v) is 8.96. The van der Waals surface area contributed by atoms with E-state index in [0.717, 1.165) is 24.3 Å². The Morgan fingerprint density at radius 3 is 2.64 bits per heavy atom. The number of aliphatic hydroxyl groups is 1. The number of halogens is 1. The maximum absolute atomic E-state index is 9.64. The van der Waals surface area contributed by atoms with E-state index in [2.05, 4.69) is 4.90 Å². The first-order valence-electron chi connectivity index (χ1n) is 4.91. The Balaban J connectivity index is 2.41. The minimum absolute atomic E-state index is 0.501. The van der Waals surface area contributed by atoms with Crippen molar-refractivity contribution in [2.75, 3.05) is 18.0 Å². The second-order valence-corrected chi connectivity index (χ2v) is 4.10. The fourth-order valence-electron chi connectivity index (χ4n) is 1.77. The molecule has 76 valence electrons. The maximum atomic E-state index is 9.64. The standard InChI is InChI=1S/C11H14ClNO/c1-8(14)11-9(12)4-2-5-10(11)13-6-3-7-13/h2,4-5,8,14H,3,6-7H2,1H3. The molecule has 1 heterocycles. The van der Waals surface area contributed by atoms with Gasteiger partial charge in [-0.2, -0.15) is 0 Å². The second kappa shape index (κ2) is 3.79. The highest BCUT2D eigenvalue weighted by atomic mass is 35.5. The highest BCUT2D eigenvalue weighted by molar-refractivity contribution is 6.31. The lowest BCUT2D eigenvalue weighted by Crippen LogP contribution is -2.37. The van der Waals surface area contributed by atoms with Crippen LogP contribution < -0.4 is 4.90 Å². The van der Waals surface area contributed by atoms with E-state index in [1.807, 2.05) is 18.2 Å². The van der Waals surface area contributed by atoms with Gasteiger partial charge in [-0.1, -0.05) is 17.7 Å². The summed E-state index contributed by atoms with van der Waals surface area (Å²) in [4.78, 5) is 2.24. The normalized spacial score (nSPS) is 17.8. The topological polar surface area (TPSA) is 23.5 Å². The van der Waals surface area contributed by atoms with E-state index in [-0.39, 0.29) is 0 Å². The summed E-state index contributed by atoms with van der Waals surface area (Å²) in [6, 6.07) is 5.78. The predicted octanol–water partition coefficient (Wildman–Crippen LogP) is 2.60. The van der Waals surface area contributed by atoms with Crippen LogP contribution in [-0.2, 0) is 0 Å². The Labute approximate surface area is 89.1 Å². The molecular formula is C11H14ClNO. The van der Waals surface area contributed by atoms with Crippen LogP contribution in [0.25, 0.3) is 0 Å². The number of rotatable bonds is 2. The molecule has 1 saturated heterocycles. The molecule has 0 amide bonds. The lowest BCUT2D eigenvalue weighted by Gasteiger charge is -2.35. The number of nitrogens with zero attached hydrogens (tertiary/aromatic N) is 1. The molecule has 1 unspecified atom stereocenters. The van der Waals surface area contributed by atoms with Gasteiger partial charge in [0.05, 0.1) is 6.10 Å². The summed E-state index contributed by atoms with van der Waals surface area (Å²) >= 11 is 6.06. The van der Waals surface area contributed by atoms with E-state index in [0.29, 0.717) is 5.02 Å². The van der Waals surface area contributed by atoms with Gasteiger partial charge >= 0.3 is 0 Å². The van der Waals surface area contributed by atoms with Crippen molar-refractivity contribution >= 4 is 17.3 Å². The molecule has 1 aromatic carbocycles. The molecule has 1 atom stereocenters. The van der Waals surface area contributed by atoms with Crippen molar-refractivity contribution in [2.45, 2.75) is 19.4 Å². The van der Waals surface area contributed by atoms with Gasteiger partial charge in [0.15, 0.2) is 0 Å². The van der Waals surface area contributed by atoms with E-state index in [1.54, 1.807) is 6.92 Å². The van der Waals surface area contributed by atoms with Crippen LogP contribution in [0.5, 0.6) is 0 Å². The van der Waals surface area contributed by atoms with E-state index >= 15 is 0 Å². The summed E-state index contributed by atoms with van der Waals surface area (Å²) in [5, 5.41) is 10.3. The first-order valence-corrected chi connectivity index (χ1v) is 5.29. The molecule has 0 aliphatic carbocycles. The molecule has 0 spiro atoms. The quantitative estimate of drug-likeness (QED) is 0.813. The monoisotopic (exact) mass is 211 g/mol. The molecule has 1 N–H and O–H groups in total. The minimum Gasteiger partial charge on any atom is -0.389 e. The third-order valence-corrected chi connectivity index (χ3v) is 2.97. The van der Waals surface area contributed by atoms with Gasteiger partial charge in [0.25, 0.3) is 0 Å². The summed E-state index contributed by atoms with van der Waals surface area (Å²) in [6.45, 7) is 3.89. The molecule has 1 fully saturated rings. The molecule has 14 heavy (non-hydrogen) atoms. The fraction of sp³-hybridized carbons (Fsp3) is 0.455. The van der Waals surface area contributed by atoms with Crippen LogP contribution >= 0.6 is 11.6 Å². The van der Waals surface area contributed by atoms with Crippen molar-refractivity contribution in [3.8, 4) is 0 Å². The van der Waals surface area contributed by atoms with E-state index in [4.69, 9.17) is 11.6 Å². The first-order chi connectivity index (χ1) is 6.70. The minimum atomic E-state index is -0.501. The smallest absolute Gasteiger partial charge is 0.0796 e. The van der Waals surface area contributed by atoms with Gasteiger partial charge < -0.3 is 10.0 Å². The Bertz CT molecular complexity index is 334. The number of hydrogen-bond donors (Lipinski definition) is 1. The number of anilines is 1. The predicted molar refractivity (Wildman–Crippen MR) is 58.9 cm³/mol. The Morgan fingerprint density at radius 1 is 1.43 bits per heavy atom. The average molecular weight is 212 g/mol. The molecule has 0 saturated carbocycles. The molecule has 0 radical (unpaired) electrons. The number of aliphatic hydroxyl groups excluding tert-OH is 1. The summed E-state index contributed by atoms with van der Waals surface area (Å²) in [5.74, 6) is 0. The van der Waals surface area contributed by atoms with Gasteiger partial charge in [-0.05, 0) is 25.5 Å². The fourth-order valence-corrected chi connectivity index (χ4v) is 2.10. The molecule has 2 nitrogen and oxygen atoms in total. The SMILES string of the molecule is CC(O)c1c(Cl)cccc1N1CCC1. The van der Waals surface area contributed by atoms with E-state index < -0.39 is 6.10 Å². The van der Waals surface area contributed by atoms with Crippen molar-refractivity contribution < 1.29 is 5.11 Å². The van der Waals surface area contributed by atoms with E-state index in [9.17, 15) is 5.11 Å². The number of benzene rings is 1. The molecule has 0 aromatic heterocycles. The summed E-state index contributed by atoms with van der Waals surface area (Å²) in [7, 11) is 0. The lowest BCUT2D eigenvalue weighted by atomic mass is 10.0. The summed E-state index contributed by atoms with van der Waals surface area (Å²) in [6.07, 6.45) is 0.727. The third-order valence-electron chi connectivity index (χ3n) is 2.64. The van der Waals surface area contributed by atoms with Crippen LogP contribution in [0.2, 0.25) is 5.02 Å². The van der Waals surface area contributed by atoms with Crippen molar-refractivity contribution in [3.63, 3.8) is 0 Å². The van der Waals surface area contributed by atoms with Gasteiger partial charge in [0.2, 0.25) is 0 Å². The highest BCUT2D eigenvalue weighted by Crippen LogP contribution is 2.34. The molecular weight excluding hydrogens is 198 g/mol. The molecule has 0 bridgehead atoms. The van der Waals surface area contributed by atoms with Crippen molar-refractivity contribution in [3.05, 3.63) is 28.8 Å².